The highest BCUT2D eigenvalue weighted by atomic mass is 32.2. The molecule has 0 spiro atoms. The second-order valence-electron chi connectivity index (χ2n) is 4.40. The number of rotatable bonds is 5. The van der Waals surface area contributed by atoms with Gasteiger partial charge in [0, 0.05) is 17.7 Å². The van der Waals surface area contributed by atoms with Gasteiger partial charge in [0.15, 0.2) is 12.0 Å². The van der Waals surface area contributed by atoms with Gasteiger partial charge in [0.05, 0.1) is 12.9 Å². The van der Waals surface area contributed by atoms with E-state index in [-0.39, 0.29) is 0 Å². The van der Waals surface area contributed by atoms with Crippen molar-refractivity contribution in [3.05, 3.63) is 59.7 Å². The Morgan fingerprint density at radius 1 is 1.23 bits per heavy atom. The molecule has 112 valence electrons. The average molecular weight is 315 g/mol. The van der Waals surface area contributed by atoms with Gasteiger partial charge in [0.25, 0.3) is 10.9 Å². The summed E-state index contributed by atoms with van der Waals surface area (Å²) in [4.78, 5) is 4.33. The van der Waals surface area contributed by atoms with E-state index in [0.29, 0.717) is 22.5 Å². The Bertz CT molecular complexity index is 759. The second-order valence-corrected chi connectivity index (χ2v) is 5.39. The predicted molar refractivity (Wildman–Crippen MR) is 81.2 cm³/mol. The van der Waals surface area contributed by atoms with Crippen LogP contribution in [0.5, 0.6) is 5.75 Å². The van der Waals surface area contributed by atoms with Crippen molar-refractivity contribution >= 4 is 11.8 Å². The molecule has 0 radical (unpaired) electrons. The zero-order valence-corrected chi connectivity index (χ0v) is 12.6. The van der Waals surface area contributed by atoms with E-state index < -0.39 is 0 Å². The molecule has 2 heterocycles. The van der Waals surface area contributed by atoms with Crippen LogP contribution in [-0.4, -0.2) is 17.3 Å². The summed E-state index contributed by atoms with van der Waals surface area (Å²) in [6.45, 7) is 0. The van der Waals surface area contributed by atoms with E-state index in [1.807, 2.05) is 30.3 Å². The lowest BCUT2D eigenvalue weighted by atomic mass is 10.2. The average Bonchev–Trinajstić information content (AvgIpc) is 3.03. The van der Waals surface area contributed by atoms with Crippen molar-refractivity contribution in [3.63, 3.8) is 0 Å². The molecule has 0 saturated carbocycles. The molecule has 0 unspecified atom stereocenters. The van der Waals surface area contributed by atoms with E-state index in [0.717, 1.165) is 16.0 Å². The molecule has 0 aliphatic rings. The van der Waals surface area contributed by atoms with E-state index in [2.05, 4.69) is 10.1 Å². The van der Waals surface area contributed by atoms with Crippen LogP contribution in [0.1, 0.15) is 5.82 Å². The first kappa shape index (κ1) is 14.4. The van der Waals surface area contributed by atoms with Gasteiger partial charge >= 0.3 is 0 Å². The summed E-state index contributed by atoms with van der Waals surface area (Å²) in [7, 11) is 1.61. The minimum Gasteiger partial charge on any atom is -0.618 e. The third-order valence-corrected chi connectivity index (χ3v) is 3.96. The third-order valence-electron chi connectivity index (χ3n) is 2.94. The second kappa shape index (κ2) is 6.48. The Labute approximate surface area is 131 Å². The Hall–Kier alpha value is -2.54. The lowest BCUT2D eigenvalue weighted by molar-refractivity contribution is -0.645. The van der Waals surface area contributed by atoms with Gasteiger partial charge in [-0.1, -0.05) is 5.16 Å². The number of nitrogens with zero attached hydrogens (tertiary/aromatic N) is 3. The molecule has 0 N–H and O–H groups in total. The van der Waals surface area contributed by atoms with Gasteiger partial charge in [-0.2, -0.15) is 9.71 Å². The summed E-state index contributed by atoms with van der Waals surface area (Å²) in [6.07, 6.45) is 1.46. The monoisotopic (exact) mass is 315 g/mol. The maximum atomic E-state index is 11.5. The van der Waals surface area contributed by atoms with Crippen LogP contribution in [0.15, 0.2) is 58.2 Å². The van der Waals surface area contributed by atoms with Crippen molar-refractivity contribution in [1.29, 1.82) is 0 Å². The van der Waals surface area contributed by atoms with Crippen molar-refractivity contribution in [3.8, 4) is 17.2 Å². The van der Waals surface area contributed by atoms with Gasteiger partial charge < -0.3 is 14.5 Å². The maximum absolute atomic E-state index is 11.5. The topological polar surface area (TPSA) is 75.1 Å². The fraction of sp³-hybridized carbons (Fsp3) is 0.133. The molecule has 0 fully saturated rings. The maximum Gasteiger partial charge on any atom is 0.257 e. The van der Waals surface area contributed by atoms with Gasteiger partial charge in [-0.3, -0.25) is 0 Å². The van der Waals surface area contributed by atoms with Crippen LogP contribution in [-0.2, 0) is 5.75 Å². The number of benzene rings is 1. The first-order chi connectivity index (χ1) is 10.8. The number of methoxy groups -OCH3 is 1. The normalized spacial score (nSPS) is 10.6. The lowest BCUT2D eigenvalue weighted by Crippen LogP contribution is -2.27. The number of thioether (sulfide) groups is 1. The number of aromatic nitrogens is 3. The Morgan fingerprint density at radius 3 is 2.77 bits per heavy atom. The minimum atomic E-state index is 0.446. The number of pyridine rings is 1. The van der Waals surface area contributed by atoms with E-state index in [1.54, 1.807) is 19.2 Å². The van der Waals surface area contributed by atoms with Gasteiger partial charge in [-0.25, -0.2) is 0 Å². The predicted octanol–water partition coefficient (Wildman–Crippen LogP) is 2.67. The third kappa shape index (κ3) is 3.20. The molecule has 22 heavy (non-hydrogen) atoms. The number of ether oxygens (including phenoxy) is 1. The molecule has 1 aromatic carbocycles. The van der Waals surface area contributed by atoms with Crippen LogP contribution in [0.25, 0.3) is 11.5 Å². The molecule has 3 rings (SSSR count). The van der Waals surface area contributed by atoms with Crippen LogP contribution in [0.3, 0.4) is 0 Å². The summed E-state index contributed by atoms with van der Waals surface area (Å²) in [5.74, 6) is 2.22. The molecule has 3 aromatic rings. The summed E-state index contributed by atoms with van der Waals surface area (Å²) in [6, 6.07) is 12.6. The van der Waals surface area contributed by atoms with Gasteiger partial charge in [-0.05, 0) is 42.1 Å². The van der Waals surface area contributed by atoms with Gasteiger partial charge in [0.2, 0.25) is 0 Å². The molecule has 0 amide bonds. The van der Waals surface area contributed by atoms with Crippen LogP contribution in [0, 0.1) is 5.21 Å². The van der Waals surface area contributed by atoms with Crippen LogP contribution in [0.2, 0.25) is 0 Å². The molecule has 0 atom stereocenters. The molecule has 0 aliphatic heterocycles. The molecule has 6 nitrogen and oxygen atoms in total. The zero-order valence-electron chi connectivity index (χ0n) is 11.8. The van der Waals surface area contributed by atoms with Gasteiger partial charge in [0.1, 0.15) is 5.75 Å². The van der Waals surface area contributed by atoms with E-state index in [1.165, 1.54) is 18.0 Å². The lowest BCUT2D eigenvalue weighted by Gasteiger charge is -2.00. The standard InChI is InChI=1S/C15H13N3O3S/c1-20-12-7-5-11(6-8-12)15-16-13(17-21-15)10-22-14-4-2-3-9-18(14)19/h2-9H,10H2,1H3. The zero-order chi connectivity index (χ0) is 15.4. The summed E-state index contributed by atoms with van der Waals surface area (Å²) < 4.78 is 11.2. The van der Waals surface area contributed by atoms with Gasteiger partial charge in [-0.15, -0.1) is 0 Å². The fourth-order valence-corrected chi connectivity index (χ4v) is 2.58. The molecule has 2 aromatic heterocycles. The van der Waals surface area contributed by atoms with E-state index in [4.69, 9.17) is 9.26 Å². The fourth-order valence-electron chi connectivity index (χ4n) is 1.83. The number of hydrogen-bond acceptors (Lipinski definition) is 6. The Kier molecular flexibility index (Phi) is 4.24. The molecule has 0 saturated heterocycles. The summed E-state index contributed by atoms with van der Waals surface area (Å²) in [5, 5.41) is 16.1. The smallest absolute Gasteiger partial charge is 0.257 e. The number of hydrogen-bond donors (Lipinski definition) is 0. The Morgan fingerprint density at radius 2 is 2.05 bits per heavy atom. The molecular formula is C15H13N3O3S. The van der Waals surface area contributed by atoms with Crippen LogP contribution in [0.4, 0.5) is 0 Å². The summed E-state index contributed by atoms with van der Waals surface area (Å²) in [5.41, 5.74) is 0.822. The SMILES string of the molecule is COc1ccc(-c2nc(CSc3cccc[n+]3[O-])no2)cc1. The quantitative estimate of drug-likeness (QED) is 0.409. The molecule has 0 aliphatic carbocycles. The van der Waals surface area contributed by atoms with Crippen molar-refractivity contribution in [2.45, 2.75) is 10.8 Å². The highest BCUT2D eigenvalue weighted by Crippen LogP contribution is 2.23. The van der Waals surface area contributed by atoms with E-state index >= 15 is 0 Å². The first-order valence-corrected chi connectivity index (χ1v) is 7.53. The van der Waals surface area contributed by atoms with Crippen molar-refractivity contribution in [1.82, 2.24) is 10.1 Å². The molecular weight excluding hydrogens is 302 g/mol. The molecule has 0 bridgehead atoms. The Balaban J connectivity index is 1.69. The highest BCUT2D eigenvalue weighted by molar-refractivity contribution is 7.98. The van der Waals surface area contributed by atoms with Crippen molar-refractivity contribution < 1.29 is 14.0 Å². The largest absolute Gasteiger partial charge is 0.618 e. The van der Waals surface area contributed by atoms with Crippen LogP contribution >= 0.6 is 11.8 Å². The van der Waals surface area contributed by atoms with Crippen LogP contribution < -0.4 is 9.47 Å². The van der Waals surface area contributed by atoms with E-state index in [9.17, 15) is 5.21 Å². The molecule has 7 heteroatoms. The van der Waals surface area contributed by atoms with Crippen molar-refractivity contribution in [2.24, 2.45) is 0 Å². The highest BCUT2D eigenvalue weighted by Gasteiger charge is 2.11. The first-order valence-electron chi connectivity index (χ1n) is 6.54. The summed E-state index contributed by atoms with van der Waals surface area (Å²) >= 11 is 1.36. The van der Waals surface area contributed by atoms with Crippen molar-refractivity contribution in [2.75, 3.05) is 7.11 Å². The minimum absolute atomic E-state index is 0.446.